The Morgan fingerprint density at radius 1 is 1.90 bits per heavy atom. The van der Waals surface area contributed by atoms with Gasteiger partial charge in [0, 0.05) is 13.1 Å². The summed E-state index contributed by atoms with van der Waals surface area (Å²) in [7, 11) is 0. The Labute approximate surface area is 57.7 Å². The molecule has 0 aromatic carbocycles. The Bertz CT molecular complexity index is 294. The monoisotopic (exact) mass is 135 g/mol. The van der Waals surface area contributed by atoms with Crippen molar-refractivity contribution in [1.29, 1.82) is 5.26 Å². The Kier molecular flexibility index (Phi) is 1.50. The van der Waals surface area contributed by atoms with E-state index in [4.69, 9.17) is 5.26 Å². The molecule has 4 heteroatoms. The van der Waals surface area contributed by atoms with Crippen LogP contribution in [-0.2, 0) is 0 Å². The first-order valence-electron chi connectivity index (χ1n) is 2.71. The van der Waals surface area contributed by atoms with Crippen LogP contribution in [0.1, 0.15) is 17.4 Å². The Hall–Kier alpha value is -1.63. The fraction of sp³-hybridized carbons (Fsp3) is 0.167. The van der Waals surface area contributed by atoms with Gasteiger partial charge in [-0.25, -0.2) is 4.68 Å². The van der Waals surface area contributed by atoms with Crippen molar-refractivity contribution in [3.8, 4) is 6.07 Å². The summed E-state index contributed by atoms with van der Waals surface area (Å²) in [4.78, 5) is 10.6. The number of nitriles is 1. The van der Waals surface area contributed by atoms with E-state index < -0.39 is 0 Å². The average Bonchev–Trinajstić information content (AvgIpc) is 2.34. The van der Waals surface area contributed by atoms with E-state index in [1.165, 1.54) is 19.2 Å². The molecule has 1 heterocycles. The molecule has 0 saturated carbocycles. The van der Waals surface area contributed by atoms with E-state index >= 15 is 0 Å². The van der Waals surface area contributed by atoms with Gasteiger partial charge < -0.3 is 0 Å². The lowest BCUT2D eigenvalue weighted by atomic mass is 10.5. The molecule has 0 bridgehead atoms. The summed E-state index contributed by atoms with van der Waals surface area (Å²) >= 11 is 0. The van der Waals surface area contributed by atoms with Gasteiger partial charge in [0.2, 0.25) is 5.91 Å². The number of carbonyl (C=O) groups is 1. The zero-order chi connectivity index (χ0) is 7.56. The van der Waals surface area contributed by atoms with Gasteiger partial charge in [-0.15, -0.1) is 0 Å². The van der Waals surface area contributed by atoms with Gasteiger partial charge in [-0.1, -0.05) is 0 Å². The van der Waals surface area contributed by atoms with Gasteiger partial charge >= 0.3 is 0 Å². The van der Waals surface area contributed by atoms with Crippen molar-refractivity contribution in [2.45, 2.75) is 6.92 Å². The molecule has 0 radical (unpaired) electrons. The van der Waals surface area contributed by atoms with Crippen molar-refractivity contribution >= 4 is 5.91 Å². The summed E-state index contributed by atoms with van der Waals surface area (Å²) < 4.78 is 1.12. The summed E-state index contributed by atoms with van der Waals surface area (Å²) in [6.07, 6.45) is 1.46. The molecule has 10 heavy (non-hydrogen) atoms. The SMILES string of the molecule is CC(=O)n1ccc(C#N)n1. The number of rotatable bonds is 0. The molecule has 0 atom stereocenters. The molecule has 0 aliphatic carbocycles. The maximum atomic E-state index is 10.6. The van der Waals surface area contributed by atoms with E-state index in [1.807, 2.05) is 6.07 Å². The normalized spacial score (nSPS) is 8.80. The van der Waals surface area contributed by atoms with Crippen molar-refractivity contribution in [2.75, 3.05) is 0 Å². The van der Waals surface area contributed by atoms with E-state index in [1.54, 1.807) is 0 Å². The van der Waals surface area contributed by atoms with Crippen molar-refractivity contribution < 1.29 is 4.79 Å². The van der Waals surface area contributed by atoms with Gasteiger partial charge in [0.05, 0.1) is 0 Å². The first-order chi connectivity index (χ1) is 4.74. The minimum atomic E-state index is -0.193. The molecule has 0 aliphatic heterocycles. The maximum Gasteiger partial charge on any atom is 0.243 e. The van der Waals surface area contributed by atoms with Crippen LogP contribution in [0.15, 0.2) is 12.3 Å². The molecule has 1 aromatic rings. The van der Waals surface area contributed by atoms with Crippen LogP contribution in [-0.4, -0.2) is 15.7 Å². The van der Waals surface area contributed by atoms with Gasteiger partial charge in [-0.3, -0.25) is 4.79 Å². The van der Waals surface area contributed by atoms with E-state index in [0.717, 1.165) is 4.68 Å². The summed E-state index contributed by atoms with van der Waals surface area (Å²) in [5.41, 5.74) is 0.259. The van der Waals surface area contributed by atoms with E-state index in [-0.39, 0.29) is 11.6 Å². The fourth-order valence-corrected chi connectivity index (χ4v) is 0.559. The molecule has 0 amide bonds. The van der Waals surface area contributed by atoms with E-state index in [2.05, 4.69) is 5.10 Å². The van der Waals surface area contributed by atoms with Crippen molar-refractivity contribution in [3.63, 3.8) is 0 Å². The second-order valence-electron chi connectivity index (χ2n) is 1.78. The minimum Gasteiger partial charge on any atom is -0.273 e. The zero-order valence-electron chi connectivity index (χ0n) is 5.40. The lowest BCUT2D eigenvalue weighted by molar-refractivity contribution is 0.0921. The predicted octanol–water partition coefficient (Wildman–Crippen LogP) is 0.415. The lowest BCUT2D eigenvalue weighted by Gasteiger charge is -1.87. The third kappa shape index (κ3) is 1.03. The standard InChI is InChI=1S/C6H5N3O/c1-5(10)9-3-2-6(4-7)8-9/h2-3H,1H3. The second-order valence-corrected chi connectivity index (χ2v) is 1.78. The van der Waals surface area contributed by atoms with Gasteiger partial charge in [0.15, 0.2) is 5.69 Å². The summed E-state index contributed by atoms with van der Waals surface area (Å²) in [5.74, 6) is -0.193. The molecule has 0 N–H and O–H groups in total. The Morgan fingerprint density at radius 2 is 2.60 bits per heavy atom. The summed E-state index contributed by atoms with van der Waals surface area (Å²) in [5, 5.41) is 11.9. The first kappa shape index (κ1) is 6.49. The highest BCUT2D eigenvalue weighted by molar-refractivity contribution is 5.75. The van der Waals surface area contributed by atoms with E-state index in [9.17, 15) is 4.79 Å². The highest BCUT2D eigenvalue weighted by atomic mass is 16.2. The second kappa shape index (κ2) is 2.31. The Morgan fingerprint density at radius 3 is 2.90 bits per heavy atom. The third-order valence-corrected chi connectivity index (χ3v) is 1.03. The van der Waals surface area contributed by atoms with Crippen LogP contribution < -0.4 is 0 Å². The van der Waals surface area contributed by atoms with Crippen LogP contribution in [0, 0.1) is 11.3 Å². The van der Waals surface area contributed by atoms with Gasteiger partial charge in [0.25, 0.3) is 0 Å². The molecular formula is C6H5N3O. The van der Waals surface area contributed by atoms with Crippen LogP contribution in [0.2, 0.25) is 0 Å². The van der Waals surface area contributed by atoms with Crippen molar-refractivity contribution in [1.82, 2.24) is 9.78 Å². The van der Waals surface area contributed by atoms with Crippen LogP contribution in [0.4, 0.5) is 0 Å². The molecule has 0 saturated heterocycles. The van der Waals surface area contributed by atoms with Crippen molar-refractivity contribution in [2.24, 2.45) is 0 Å². The fourth-order valence-electron chi connectivity index (χ4n) is 0.559. The number of hydrogen-bond acceptors (Lipinski definition) is 3. The smallest absolute Gasteiger partial charge is 0.243 e. The quantitative estimate of drug-likeness (QED) is 0.517. The molecule has 0 fully saturated rings. The molecular weight excluding hydrogens is 130 g/mol. The molecule has 1 rings (SSSR count). The largest absolute Gasteiger partial charge is 0.273 e. The first-order valence-corrected chi connectivity index (χ1v) is 2.71. The minimum absolute atomic E-state index is 0.193. The van der Waals surface area contributed by atoms with Crippen LogP contribution in [0.5, 0.6) is 0 Å². The molecule has 4 nitrogen and oxygen atoms in total. The molecule has 1 aromatic heterocycles. The predicted molar refractivity (Wildman–Crippen MR) is 33.2 cm³/mol. The van der Waals surface area contributed by atoms with Gasteiger partial charge in [-0.2, -0.15) is 10.4 Å². The maximum absolute atomic E-state index is 10.6. The van der Waals surface area contributed by atoms with E-state index in [0.29, 0.717) is 0 Å². The topological polar surface area (TPSA) is 58.7 Å². The van der Waals surface area contributed by atoms with Crippen molar-refractivity contribution in [3.05, 3.63) is 18.0 Å². The molecule has 0 unspecified atom stereocenters. The summed E-state index contributed by atoms with van der Waals surface area (Å²) in [6.45, 7) is 1.38. The molecule has 0 aliphatic rings. The molecule has 50 valence electrons. The Balaban J connectivity index is 3.02. The highest BCUT2D eigenvalue weighted by Gasteiger charge is 1.98. The lowest BCUT2D eigenvalue weighted by Crippen LogP contribution is -2.05. The van der Waals surface area contributed by atoms with Gasteiger partial charge in [0.1, 0.15) is 6.07 Å². The number of carbonyl (C=O) groups excluding carboxylic acids is 1. The number of hydrogen-bond donors (Lipinski definition) is 0. The van der Waals surface area contributed by atoms with Gasteiger partial charge in [-0.05, 0) is 6.07 Å². The van der Waals surface area contributed by atoms with Crippen LogP contribution >= 0.6 is 0 Å². The van der Waals surface area contributed by atoms with Crippen LogP contribution in [0.25, 0.3) is 0 Å². The number of nitrogens with zero attached hydrogens (tertiary/aromatic N) is 3. The number of aromatic nitrogens is 2. The average molecular weight is 135 g/mol. The highest BCUT2D eigenvalue weighted by Crippen LogP contribution is 1.91. The zero-order valence-corrected chi connectivity index (χ0v) is 5.40. The van der Waals surface area contributed by atoms with Crippen LogP contribution in [0.3, 0.4) is 0 Å². The molecule has 0 spiro atoms. The summed E-state index contributed by atoms with van der Waals surface area (Å²) in [6, 6.07) is 3.31. The third-order valence-electron chi connectivity index (χ3n) is 1.03.